The Morgan fingerprint density at radius 2 is 1.67 bits per heavy atom. The van der Waals surface area contributed by atoms with Gasteiger partial charge in [-0.2, -0.15) is 0 Å². The van der Waals surface area contributed by atoms with Crippen LogP contribution < -0.4 is 5.32 Å². The van der Waals surface area contributed by atoms with E-state index in [1.165, 1.54) is 0 Å². The van der Waals surface area contributed by atoms with Crippen LogP contribution >= 0.6 is 0 Å². The van der Waals surface area contributed by atoms with Crippen molar-refractivity contribution in [1.82, 2.24) is 20.4 Å². The predicted octanol–water partition coefficient (Wildman–Crippen LogP) is 4.29. The number of likely N-dealkylation sites (tertiary alicyclic amines) is 1. The first-order chi connectivity index (χ1) is 16.1. The molecule has 0 radical (unpaired) electrons. The van der Waals surface area contributed by atoms with Crippen molar-refractivity contribution < 1.29 is 14.1 Å². The van der Waals surface area contributed by atoms with Crippen LogP contribution in [0.1, 0.15) is 40.5 Å². The lowest BCUT2D eigenvalue weighted by molar-refractivity contribution is -0.132. The van der Waals surface area contributed by atoms with E-state index < -0.39 is 6.04 Å². The summed E-state index contributed by atoms with van der Waals surface area (Å²) in [5, 5.41) is 7.55. The Morgan fingerprint density at radius 3 is 2.36 bits per heavy atom. The highest BCUT2D eigenvalue weighted by atomic mass is 16.5. The number of nitrogens with zero attached hydrogens (tertiary/aromatic N) is 3. The summed E-state index contributed by atoms with van der Waals surface area (Å²) in [6, 6.07) is 19.9. The Hall–Kier alpha value is -4.00. The molecule has 33 heavy (non-hydrogen) atoms. The molecule has 3 heterocycles. The molecule has 2 aromatic carbocycles. The molecular weight excluding hydrogens is 416 g/mol. The molecule has 0 spiro atoms. The fourth-order valence-corrected chi connectivity index (χ4v) is 4.29. The average Bonchev–Trinajstić information content (AvgIpc) is 3.53. The fraction of sp³-hybridized carbons (Fsp3) is 0.231. The molecule has 1 fully saturated rings. The third kappa shape index (κ3) is 4.09. The zero-order valence-corrected chi connectivity index (χ0v) is 18.3. The van der Waals surface area contributed by atoms with Crippen molar-refractivity contribution >= 4 is 22.9 Å². The van der Waals surface area contributed by atoms with E-state index in [1.54, 1.807) is 13.0 Å². The molecule has 1 aliphatic rings. The molecular formula is C26H24N4O3. The van der Waals surface area contributed by atoms with E-state index in [2.05, 4.69) is 15.5 Å². The highest BCUT2D eigenvalue weighted by Crippen LogP contribution is 2.28. The van der Waals surface area contributed by atoms with Gasteiger partial charge in [-0.25, -0.2) is 4.98 Å². The van der Waals surface area contributed by atoms with Crippen LogP contribution in [0.15, 0.2) is 71.3 Å². The first kappa shape index (κ1) is 20.9. The highest BCUT2D eigenvalue weighted by Gasteiger charge is 2.30. The minimum Gasteiger partial charge on any atom is -0.341 e. The molecule has 1 atom stereocenters. The molecule has 7 heteroatoms. The van der Waals surface area contributed by atoms with Gasteiger partial charge >= 0.3 is 0 Å². The SMILES string of the molecule is Cc1noc2nc(-c3ccccc3)cc(C(=O)N[C@@H](C(=O)N3CCCC3)c3ccccc3)c12. The van der Waals surface area contributed by atoms with E-state index >= 15 is 0 Å². The normalized spacial score (nSPS) is 14.4. The Labute approximate surface area is 191 Å². The molecule has 2 amide bonds. The van der Waals surface area contributed by atoms with Gasteiger partial charge in [0.1, 0.15) is 6.04 Å². The van der Waals surface area contributed by atoms with Crippen LogP contribution in [0.5, 0.6) is 0 Å². The Morgan fingerprint density at radius 1 is 1.00 bits per heavy atom. The van der Waals surface area contributed by atoms with Gasteiger partial charge < -0.3 is 14.7 Å². The smallest absolute Gasteiger partial charge is 0.259 e. The van der Waals surface area contributed by atoms with Crippen molar-refractivity contribution in [2.45, 2.75) is 25.8 Å². The molecule has 1 saturated heterocycles. The molecule has 2 aromatic heterocycles. The summed E-state index contributed by atoms with van der Waals surface area (Å²) in [5.41, 5.74) is 3.46. The first-order valence-corrected chi connectivity index (χ1v) is 11.1. The van der Waals surface area contributed by atoms with E-state index in [-0.39, 0.29) is 11.8 Å². The predicted molar refractivity (Wildman–Crippen MR) is 124 cm³/mol. The summed E-state index contributed by atoms with van der Waals surface area (Å²) < 4.78 is 5.40. The fourth-order valence-electron chi connectivity index (χ4n) is 4.29. The van der Waals surface area contributed by atoms with E-state index in [1.807, 2.05) is 65.6 Å². The minimum absolute atomic E-state index is 0.0947. The molecule has 166 valence electrons. The maximum Gasteiger partial charge on any atom is 0.259 e. The van der Waals surface area contributed by atoms with Crippen LogP contribution in [0.2, 0.25) is 0 Å². The number of carbonyl (C=O) groups excluding carboxylic acids is 2. The van der Waals surface area contributed by atoms with Gasteiger partial charge in [0.05, 0.1) is 22.3 Å². The second-order valence-electron chi connectivity index (χ2n) is 8.22. The van der Waals surface area contributed by atoms with Crippen LogP contribution in [0, 0.1) is 6.92 Å². The highest BCUT2D eigenvalue weighted by molar-refractivity contribution is 6.08. The lowest BCUT2D eigenvalue weighted by Crippen LogP contribution is -2.41. The summed E-state index contributed by atoms with van der Waals surface area (Å²) in [6.07, 6.45) is 1.96. The van der Waals surface area contributed by atoms with Gasteiger partial charge in [0.15, 0.2) is 0 Å². The number of aromatic nitrogens is 2. The lowest BCUT2D eigenvalue weighted by atomic mass is 10.0. The van der Waals surface area contributed by atoms with Crippen LogP contribution in [0.25, 0.3) is 22.4 Å². The zero-order valence-electron chi connectivity index (χ0n) is 18.3. The minimum atomic E-state index is -0.777. The van der Waals surface area contributed by atoms with Crippen molar-refractivity contribution in [2.75, 3.05) is 13.1 Å². The van der Waals surface area contributed by atoms with Gasteiger partial charge in [0, 0.05) is 18.7 Å². The van der Waals surface area contributed by atoms with Crippen LogP contribution in [0.3, 0.4) is 0 Å². The van der Waals surface area contributed by atoms with Gasteiger partial charge in [0.25, 0.3) is 11.6 Å². The molecule has 0 unspecified atom stereocenters. The van der Waals surface area contributed by atoms with E-state index in [4.69, 9.17) is 4.52 Å². The second kappa shape index (κ2) is 8.86. The molecule has 1 aliphatic heterocycles. The summed E-state index contributed by atoms with van der Waals surface area (Å²) in [6.45, 7) is 3.19. The third-order valence-corrected chi connectivity index (χ3v) is 6.00. The number of pyridine rings is 1. The van der Waals surface area contributed by atoms with Crippen molar-refractivity contribution in [1.29, 1.82) is 0 Å². The number of benzene rings is 2. The molecule has 0 saturated carbocycles. The topological polar surface area (TPSA) is 88.3 Å². The quantitative estimate of drug-likeness (QED) is 0.500. The van der Waals surface area contributed by atoms with E-state index in [0.29, 0.717) is 41.1 Å². The number of nitrogens with one attached hydrogen (secondary N) is 1. The maximum atomic E-state index is 13.6. The molecule has 0 bridgehead atoms. The van der Waals surface area contributed by atoms with Crippen molar-refractivity contribution in [3.63, 3.8) is 0 Å². The lowest BCUT2D eigenvalue weighted by Gasteiger charge is -2.24. The zero-order chi connectivity index (χ0) is 22.8. The van der Waals surface area contributed by atoms with Crippen LogP contribution in [0.4, 0.5) is 0 Å². The van der Waals surface area contributed by atoms with Crippen molar-refractivity contribution in [3.8, 4) is 11.3 Å². The molecule has 1 N–H and O–H groups in total. The number of rotatable bonds is 5. The third-order valence-electron chi connectivity index (χ3n) is 6.00. The monoisotopic (exact) mass is 440 g/mol. The number of amides is 2. The second-order valence-corrected chi connectivity index (χ2v) is 8.22. The van der Waals surface area contributed by atoms with Crippen molar-refractivity contribution in [2.24, 2.45) is 0 Å². The summed E-state index contributed by atoms with van der Waals surface area (Å²) in [7, 11) is 0. The Balaban J connectivity index is 1.55. The van der Waals surface area contributed by atoms with Gasteiger partial charge in [-0.15, -0.1) is 0 Å². The van der Waals surface area contributed by atoms with Gasteiger partial charge in [0.2, 0.25) is 5.91 Å². The van der Waals surface area contributed by atoms with E-state index in [0.717, 1.165) is 24.0 Å². The summed E-state index contributed by atoms with van der Waals surface area (Å²) in [4.78, 5) is 33.3. The number of hydrogen-bond donors (Lipinski definition) is 1. The maximum absolute atomic E-state index is 13.6. The Bertz CT molecular complexity index is 1300. The first-order valence-electron chi connectivity index (χ1n) is 11.1. The molecule has 7 nitrogen and oxygen atoms in total. The van der Waals surface area contributed by atoms with Crippen LogP contribution in [-0.4, -0.2) is 39.9 Å². The van der Waals surface area contributed by atoms with Gasteiger partial charge in [-0.3, -0.25) is 9.59 Å². The number of aryl methyl sites for hydroxylation is 1. The van der Waals surface area contributed by atoms with Gasteiger partial charge in [-0.1, -0.05) is 65.8 Å². The molecule has 4 aromatic rings. The molecule has 0 aliphatic carbocycles. The largest absolute Gasteiger partial charge is 0.341 e. The Kier molecular flexibility index (Phi) is 5.60. The number of carbonyl (C=O) groups is 2. The van der Waals surface area contributed by atoms with Crippen molar-refractivity contribution in [3.05, 3.63) is 83.6 Å². The summed E-state index contributed by atoms with van der Waals surface area (Å²) in [5.74, 6) is -0.463. The van der Waals surface area contributed by atoms with Crippen LogP contribution in [-0.2, 0) is 4.79 Å². The standard InChI is InChI=1S/C26H24N4O3/c1-17-22-20(16-21(27-25(22)33-29-17)18-10-4-2-5-11-18)24(31)28-23(19-12-6-3-7-13-19)26(32)30-14-8-9-15-30/h2-7,10-13,16,23H,8-9,14-15H2,1H3,(H,28,31)/t23-/m1/s1. The summed E-state index contributed by atoms with van der Waals surface area (Å²) >= 11 is 0. The van der Waals surface area contributed by atoms with E-state index in [9.17, 15) is 9.59 Å². The molecule has 5 rings (SSSR count). The number of fused-ring (bicyclic) bond motifs is 1. The average molecular weight is 441 g/mol. The number of hydrogen-bond acceptors (Lipinski definition) is 5. The van der Waals surface area contributed by atoms with Gasteiger partial charge in [-0.05, 0) is 31.4 Å².